The quantitative estimate of drug-likeness (QED) is 0.752. The summed E-state index contributed by atoms with van der Waals surface area (Å²) in [5, 5.41) is 10.1. The van der Waals surface area contributed by atoms with Gasteiger partial charge in [-0.05, 0) is 30.7 Å². The second kappa shape index (κ2) is 4.33. The van der Waals surface area contributed by atoms with Crippen molar-refractivity contribution in [1.82, 2.24) is 4.98 Å². The lowest BCUT2D eigenvalue weighted by molar-refractivity contribution is 0.220. The number of aryl methyl sites for hydroxylation is 1. The Morgan fingerprint density at radius 3 is 2.25 bits per heavy atom. The smallest absolute Gasteiger partial charge is 0.106 e. The van der Waals surface area contributed by atoms with Gasteiger partial charge in [0.25, 0.3) is 0 Å². The molecule has 1 heterocycles. The number of benzene rings is 1. The molecule has 0 spiro atoms. The summed E-state index contributed by atoms with van der Waals surface area (Å²) in [4.78, 5) is 4.16. The molecule has 0 aliphatic rings. The molecule has 1 aromatic carbocycles. The Hall–Kier alpha value is -1.87. The van der Waals surface area contributed by atoms with Gasteiger partial charge in [0.2, 0.25) is 0 Å². The molecule has 1 unspecified atom stereocenters. The minimum absolute atomic E-state index is 0.645. The number of nitrogen functional groups attached to an aromatic ring is 1. The number of nitrogens with zero attached hydrogens (tertiary/aromatic N) is 1. The topological polar surface area (TPSA) is 59.1 Å². The van der Waals surface area contributed by atoms with Crippen LogP contribution in [-0.4, -0.2) is 10.1 Å². The maximum Gasteiger partial charge on any atom is 0.106 e. The molecule has 0 saturated carbocycles. The molecule has 3 N–H and O–H groups in total. The fourth-order valence-corrected chi connectivity index (χ4v) is 1.51. The number of pyridine rings is 1. The normalized spacial score (nSPS) is 12.4. The molecule has 1 atom stereocenters. The van der Waals surface area contributed by atoms with Gasteiger partial charge in [0.1, 0.15) is 6.10 Å². The number of nitrogens with two attached hydrogens (primary N) is 1. The SMILES string of the molecule is Cc1ccc(C(O)c2ccc(N)cc2)cn1. The van der Waals surface area contributed by atoms with Crippen LogP contribution >= 0.6 is 0 Å². The second-order valence-electron chi connectivity index (χ2n) is 3.80. The van der Waals surface area contributed by atoms with E-state index in [1.54, 1.807) is 18.3 Å². The predicted octanol–water partition coefficient (Wildman–Crippen LogP) is 2.05. The molecule has 82 valence electrons. The summed E-state index contributed by atoms with van der Waals surface area (Å²) in [7, 11) is 0. The minimum atomic E-state index is -0.645. The molecular formula is C13H14N2O. The Morgan fingerprint density at radius 1 is 1.06 bits per heavy atom. The van der Waals surface area contributed by atoms with E-state index >= 15 is 0 Å². The first-order valence-electron chi connectivity index (χ1n) is 5.13. The summed E-state index contributed by atoms with van der Waals surface area (Å²) in [6.45, 7) is 1.92. The van der Waals surface area contributed by atoms with Gasteiger partial charge in [-0.2, -0.15) is 0 Å². The number of aliphatic hydroxyl groups is 1. The lowest BCUT2D eigenvalue weighted by Crippen LogP contribution is -2.00. The van der Waals surface area contributed by atoms with E-state index in [1.165, 1.54) is 0 Å². The first-order chi connectivity index (χ1) is 7.66. The van der Waals surface area contributed by atoms with E-state index in [1.807, 2.05) is 31.2 Å². The number of anilines is 1. The van der Waals surface area contributed by atoms with Crippen molar-refractivity contribution in [1.29, 1.82) is 0 Å². The zero-order valence-electron chi connectivity index (χ0n) is 9.09. The van der Waals surface area contributed by atoms with Crippen LogP contribution in [0.4, 0.5) is 5.69 Å². The molecule has 0 aliphatic heterocycles. The molecule has 0 amide bonds. The summed E-state index contributed by atoms with van der Waals surface area (Å²) < 4.78 is 0. The van der Waals surface area contributed by atoms with Crippen LogP contribution in [0.25, 0.3) is 0 Å². The van der Waals surface area contributed by atoms with Gasteiger partial charge < -0.3 is 10.8 Å². The summed E-state index contributed by atoms with van der Waals surface area (Å²) >= 11 is 0. The molecule has 0 bridgehead atoms. The van der Waals surface area contributed by atoms with Gasteiger partial charge >= 0.3 is 0 Å². The van der Waals surface area contributed by atoms with Crippen molar-refractivity contribution in [2.75, 3.05) is 5.73 Å². The molecule has 2 rings (SSSR count). The molecular weight excluding hydrogens is 200 g/mol. The highest BCUT2D eigenvalue weighted by Gasteiger charge is 2.09. The predicted molar refractivity (Wildman–Crippen MR) is 63.9 cm³/mol. The largest absolute Gasteiger partial charge is 0.399 e. The van der Waals surface area contributed by atoms with Crippen molar-refractivity contribution in [3.63, 3.8) is 0 Å². The Balaban J connectivity index is 2.28. The van der Waals surface area contributed by atoms with E-state index in [0.717, 1.165) is 16.8 Å². The molecule has 0 aliphatic carbocycles. The maximum absolute atomic E-state index is 10.1. The first kappa shape index (κ1) is 10.6. The van der Waals surface area contributed by atoms with E-state index < -0.39 is 6.10 Å². The lowest BCUT2D eigenvalue weighted by Gasteiger charge is -2.11. The zero-order valence-corrected chi connectivity index (χ0v) is 9.09. The average molecular weight is 214 g/mol. The van der Waals surface area contributed by atoms with Crippen molar-refractivity contribution in [3.05, 3.63) is 59.4 Å². The lowest BCUT2D eigenvalue weighted by atomic mass is 10.0. The van der Waals surface area contributed by atoms with Crippen LogP contribution in [-0.2, 0) is 0 Å². The van der Waals surface area contributed by atoms with Crippen LogP contribution in [0.3, 0.4) is 0 Å². The van der Waals surface area contributed by atoms with Crippen LogP contribution in [0.5, 0.6) is 0 Å². The van der Waals surface area contributed by atoms with Crippen molar-refractivity contribution < 1.29 is 5.11 Å². The Kier molecular flexibility index (Phi) is 2.88. The number of rotatable bonds is 2. The summed E-state index contributed by atoms with van der Waals surface area (Å²) in [5.41, 5.74) is 8.83. The molecule has 16 heavy (non-hydrogen) atoms. The summed E-state index contributed by atoms with van der Waals surface area (Å²) in [5.74, 6) is 0. The third-order valence-electron chi connectivity index (χ3n) is 2.50. The van der Waals surface area contributed by atoms with Gasteiger partial charge in [0, 0.05) is 23.1 Å². The monoisotopic (exact) mass is 214 g/mol. The van der Waals surface area contributed by atoms with Crippen LogP contribution in [0.1, 0.15) is 22.9 Å². The fourth-order valence-electron chi connectivity index (χ4n) is 1.51. The van der Waals surface area contributed by atoms with Crippen LogP contribution < -0.4 is 5.73 Å². The van der Waals surface area contributed by atoms with Gasteiger partial charge in [0.05, 0.1) is 0 Å². The van der Waals surface area contributed by atoms with E-state index in [-0.39, 0.29) is 0 Å². The van der Waals surface area contributed by atoms with E-state index in [9.17, 15) is 5.11 Å². The van der Waals surface area contributed by atoms with Crippen molar-refractivity contribution in [2.24, 2.45) is 0 Å². The van der Waals surface area contributed by atoms with Crippen molar-refractivity contribution in [2.45, 2.75) is 13.0 Å². The molecule has 1 aromatic heterocycles. The van der Waals surface area contributed by atoms with Gasteiger partial charge in [-0.1, -0.05) is 18.2 Å². The van der Waals surface area contributed by atoms with E-state index in [0.29, 0.717) is 5.69 Å². The summed E-state index contributed by atoms with van der Waals surface area (Å²) in [6.07, 6.45) is 1.05. The van der Waals surface area contributed by atoms with Crippen molar-refractivity contribution >= 4 is 5.69 Å². The number of aliphatic hydroxyl groups excluding tert-OH is 1. The van der Waals surface area contributed by atoms with Crippen LogP contribution in [0, 0.1) is 6.92 Å². The number of aromatic nitrogens is 1. The van der Waals surface area contributed by atoms with Crippen molar-refractivity contribution in [3.8, 4) is 0 Å². The average Bonchev–Trinajstić information content (AvgIpc) is 2.30. The molecule has 0 saturated heterocycles. The molecule has 0 fully saturated rings. The third kappa shape index (κ3) is 2.20. The highest BCUT2D eigenvalue weighted by atomic mass is 16.3. The molecule has 2 aromatic rings. The number of hydrogen-bond acceptors (Lipinski definition) is 3. The molecule has 0 radical (unpaired) electrons. The Morgan fingerprint density at radius 2 is 1.69 bits per heavy atom. The number of hydrogen-bond donors (Lipinski definition) is 2. The van der Waals surface area contributed by atoms with Crippen LogP contribution in [0.15, 0.2) is 42.6 Å². The van der Waals surface area contributed by atoms with Crippen LogP contribution in [0.2, 0.25) is 0 Å². The molecule has 3 heteroatoms. The second-order valence-corrected chi connectivity index (χ2v) is 3.80. The fraction of sp³-hybridized carbons (Fsp3) is 0.154. The van der Waals surface area contributed by atoms with Gasteiger partial charge in [-0.25, -0.2) is 0 Å². The maximum atomic E-state index is 10.1. The third-order valence-corrected chi connectivity index (χ3v) is 2.50. The Bertz CT molecular complexity index is 417. The van der Waals surface area contributed by atoms with E-state index in [2.05, 4.69) is 4.98 Å². The zero-order chi connectivity index (χ0) is 11.5. The van der Waals surface area contributed by atoms with Gasteiger partial charge in [-0.15, -0.1) is 0 Å². The van der Waals surface area contributed by atoms with E-state index in [4.69, 9.17) is 5.73 Å². The molecule has 3 nitrogen and oxygen atoms in total. The first-order valence-corrected chi connectivity index (χ1v) is 5.13. The Labute approximate surface area is 94.6 Å². The highest BCUT2D eigenvalue weighted by molar-refractivity contribution is 5.41. The minimum Gasteiger partial charge on any atom is -0.399 e. The summed E-state index contributed by atoms with van der Waals surface area (Å²) in [6, 6.07) is 11.0. The van der Waals surface area contributed by atoms with Gasteiger partial charge in [-0.3, -0.25) is 4.98 Å². The van der Waals surface area contributed by atoms with Gasteiger partial charge in [0.15, 0.2) is 0 Å². The standard InChI is InChI=1S/C13H14N2O/c1-9-2-3-11(8-15-9)13(16)10-4-6-12(14)7-5-10/h2-8,13,16H,14H2,1H3. The highest BCUT2D eigenvalue weighted by Crippen LogP contribution is 2.21.